The number of benzene rings is 2. The van der Waals surface area contributed by atoms with Crippen molar-refractivity contribution in [3.8, 4) is 0 Å². The maximum Gasteiger partial charge on any atom is 0.244 e. The smallest absolute Gasteiger partial charge is 0.244 e. The Labute approximate surface area is 146 Å². The lowest BCUT2D eigenvalue weighted by atomic mass is 10.1. The summed E-state index contributed by atoms with van der Waals surface area (Å²) in [4.78, 5) is 4.41. The van der Waals surface area contributed by atoms with Crippen molar-refractivity contribution in [3.63, 3.8) is 0 Å². The molecule has 0 bridgehead atoms. The van der Waals surface area contributed by atoms with Gasteiger partial charge < -0.3 is 10.6 Å². The fraction of sp³-hybridized carbons (Fsp3) is 0.211. The van der Waals surface area contributed by atoms with Crippen molar-refractivity contribution in [2.24, 2.45) is 0 Å². The molecular weight excluding hydrogens is 317 g/mol. The topological polar surface area (TPSA) is 62.7 Å². The number of nitrogens with one attached hydrogen (secondary N) is 2. The molecule has 6 heteroatoms. The largest absolute Gasteiger partial charge is 0.368 e. The van der Waals surface area contributed by atoms with Crippen LogP contribution in [-0.4, -0.2) is 21.7 Å². The van der Waals surface area contributed by atoms with Gasteiger partial charge in [-0.2, -0.15) is 10.1 Å². The SMILES string of the molecule is Cc1ccccc1CNc1nncc(NCCc2ccc(F)cc2)n1. The molecule has 25 heavy (non-hydrogen) atoms. The minimum Gasteiger partial charge on any atom is -0.368 e. The molecule has 3 aromatic rings. The average molecular weight is 337 g/mol. The Morgan fingerprint density at radius 1 is 1.00 bits per heavy atom. The molecule has 0 aliphatic heterocycles. The fourth-order valence-electron chi connectivity index (χ4n) is 2.43. The van der Waals surface area contributed by atoms with Gasteiger partial charge in [0, 0.05) is 13.1 Å². The van der Waals surface area contributed by atoms with Gasteiger partial charge in [0.05, 0.1) is 6.20 Å². The van der Waals surface area contributed by atoms with E-state index in [2.05, 4.69) is 44.9 Å². The van der Waals surface area contributed by atoms with Crippen LogP contribution in [0.3, 0.4) is 0 Å². The fourth-order valence-corrected chi connectivity index (χ4v) is 2.43. The Kier molecular flexibility index (Phi) is 5.51. The zero-order valence-electron chi connectivity index (χ0n) is 14.0. The Morgan fingerprint density at radius 3 is 2.60 bits per heavy atom. The van der Waals surface area contributed by atoms with Crippen LogP contribution in [0.2, 0.25) is 0 Å². The first-order valence-corrected chi connectivity index (χ1v) is 8.17. The van der Waals surface area contributed by atoms with E-state index in [-0.39, 0.29) is 5.82 Å². The second-order valence-electron chi connectivity index (χ2n) is 5.75. The molecule has 0 aliphatic rings. The number of nitrogens with zero attached hydrogens (tertiary/aromatic N) is 3. The zero-order valence-corrected chi connectivity index (χ0v) is 14.0. The van der Waals surface area contributed by atoms with E-state index in [4.69, 9.17) is 0 Å². The van der Waals surface area contributed by atoms with E-state index in [1.807, 2.05) is 12.1 Å². The van der Waals surface area contributed by atoms with Gasteiger partial charge in [-0.15, -0.1) is 5.10 Å². The summed E-state index contributed by atoms with van der Waals surface area (Å²) in [6.07, 6.45) is 2.36. The number of aromatic nitrogens is 3. The maximum absolute atomic E-state index is 12.9. The first-order chi connectivity index (χ1) is 12.2. The number of hydrogen-bond acceptors (Lipinski definition) is 5. The van der Waals surface area contributed by atoms with Crippen molar-refractivity contribution in [2.45, 2.75) is 19.9 Å². The predicted octanol–water partition coefficient (Wildman–Crippen LogP) is 3.59. The first-order valence-electron chi connectivity index (χ1n) is 8.17. The molecule has 1 aromatic heterocycles. The van der Waals surface area contributed by atoms with Gasteiger partial charge in [0.25, 0.3) is 0 Å². The molecule has 2 aromatic carbocycles. The Balaban J connectivity index is 1.52. The summed E-state index contributed by atoms with van der Waals surface area (Å²) in [6, 6.07) is 14.7. The standard InChI is InChI=1S/C19H20FN5/c1-14-4-2-3-5-16(14)12-22-19-24-18(13-23-25-19)21-11-10-15-6-8-17(20)9-7-15/h2-9,13H,10-12H2,1H3,(H2,21,22,24,25). The monoisotopic (exact) mass is 337 g/mol. The molecule has 0 aliphatic carbocycles. The van der Waals surface area contributed by atoms with Gasteiger partial charge in [0.2, 0.25) is 5.95 Å². The summed E-state index contributed by atoms with van der Waals surface area (Å²) in [5.74, 6) is 0.917. The van der Waals surface area contributed by atoms with Gasteiger partial charge >= 0.3 is 0 Å². The quantitative estimate of drug-likeness (QED) is 0.690. The van der Waals surface area contributed by atoms with Crippen molar-refractivity contribution in [2.75, 3.05) is 17.2 Å². The number of anilines is 2. The van der Waals surface area contributed by atoms with E-state index in [0.29, 0.717) is 24.9 Å². The Morgan fingerprint density at radius 2 is 1.80 bits per heavy atom. The van der Waals surface area contributed by atoms with E-state index >= 15 is 0 Å². The molecule has 0 fully saturated rings. The summed E-state index contributed by atoms with van der Waals surface area (Å²) in [5, 5.41) is 14.4. The van der Waals surface area contributed by atoms with Crippen LogP contribution in [0.4, 0.5) is 16.2 Å². The van der Waals surface area contributed by atoms with Crippen LogP contribution in [-0.2, 0) is 13.0 Å². The molecule has 0 saturated heterocycles. The first kappa shape index (κ1) is 16.8. The third-order valence-electron chi connectivity index (χ3n) is 3.89. The summed E-state index contributed by atoms with van der Waals surface area (Å²) in [7, 11) is 0. The highest BCUT2D eigenvalue weighted by Crippen LogP contribution is 2.10. The molecule has 1 heterocycles. The van der Waals surface area contributed by atoms with E-state index in [0.717, 1.165) is 12.0 Å². The number of aryl methyl sites for hydroxylation is 1. The molecule has 0 spiro atoms. The summed E-state index contributed by atoms with van der Waals surface area (Å²) in [6.45, 7) is 3.40. The van der Waals surface area contributed by atoms with Crippen LogP contribution in [0.1, 0.15) is 16.7 Å². The molecule has 0 radical (unpaired) electrons. The van der Waals surface area contributed by atoms with E-state index < -0.39 is 0 Å². The summed E-state index contributed by atoms with van der Waals surface area (Å²) in [5.41, 5.74) is 3.48. The van der Waals surface area contributed by atoms with Gasteiger partial charge in [0.1, 0.15) is 5.82 Å². The zero-order chi connectivity index (χ0) is 17.5. The van der Waals surface area contributed by atoms with Gasteiger partial charge in [-0.25, -0.2) is 4.39 Å². The average Bonchev–Trinajstić information content (AvgIpc) is 2.63. The van der Waals surface area contributed by atoms with E-state index in [1.165, 1.54) is 23.3 Å². The number of rotatable bonds is 7. The summed E-state index contributed by atoms with van der Waals surface area (Å²) < 4.78 is 12.9. The van der Waals surface area contributed by atoms with Crippen molar-refractivity contribution in [1.82, 2.24) is 15.2 Å². The minimum absolute atomic E-state index is 0.221. The molecule has 0 atom stereocenters. The van der Waals surface area contributed by atoms with Crippen LogP contribution in [0.5, 0.6) is 0 Å². The molecular formula is C19H20FN5. The summed E-state index contributed by atoms with van der Waals surface area (Å²) >= 11 is 0. The number of hydrogen-bond donors (Lipinski definition) is 2. The second-order valence-corrected chi connectivity index (χ2v) is 5.75. The van der Waals surface area contributed by atoms with Crippen LogP contribution in [0, 0.1) is 12.7 Å². The number of halogens is 1. The highest BCUT2D eigenvalue weighted by molar-refractivity contribution is 5.38. The van der Waals surface area contributed by atoms with Crippen molar-refractivity contribution in [3.05, 3.63) is 77.2 Å². The normalized spacial score (nSPS) is 10.5. The van der Waals surface area contributed by atoms with Gasteiger partial charge in [-0.3, -0.25) is 0 Å². The molecule has 128 valence electrons. The van der Waals surface area contributed by atoms with E-state index in [9.17, 15) is 4.39 Å². The third-order valence-corrected chi connectivity index (χ3v) is 3.89. The Bertz CT molecular complexity index is 820. The van der Waals surface area contributed by atoms with Crippen LogP contribution in [0.15, 0.2) is 54.7 Å². The third kappa shape index (κ3) is 4.97. The molecule has 3 rings (SSSR count). The van der Waals surface area contributed by atoms with Crippen molar-refractivity contribution in [1.29, 1.82) is 0 Å². The van der Waals surface area contributed by atoms with Crippen LogP contribution < -0.4 is 10.6 Å². The predicted molar refractivity (Wildman–Crippen MR) is 96.9 cm³/mol. The maximum atomic E-state index is 12.9. The lowest BCUT2D eigenvalue weighted by molar-refractivity contribution is 0.627. The van der Waals surface area contributed by atoms with Crippen molar-refractivity contribution < 1.29 is 4.39 Å². The van der Waals surface area contributed by atoms with Crippen LogP contribution in [0.25, 0.3) is 0 Å². The molecule has 2 N–H and O–H groups in total. The lowest BCUT2D eigenvalue weighted by Crippen LogP contribution is -2.10. The molecule has 0 saturated carbocycles. The molecule has 0 unspecified atom stereocenters. The van der Waals surface area contributed by atoms with Crippen LogP contribution >= 0.6 is 0 Å². The Hall–Kier alpha value is -3.02. The van der Waals surface area contributed by atoms with Gasteiger partial charge in [-0.05, 0) is 42.2 Å². The highest BCUT2D eigenvalue weighted by atomic mass is 19.1. The van der Waals surface area contributed by atoms with Crippen molar-refractivity contribution >= 4 is 11.8 Å². The van der Waals surface area contributed by atoms with Gasteiger partial charge in [0.15, 0.2) is 5.82 Å². The van der Waals surface area contributed by atoms with E-state index in [1.54, 1.807) is 18.3 Å². The molecule has 5 nitrogen and oxygen atoms in total. The second kappa shape index (κ2) is 8.19. The highest BCUT2D eigenvalue weighted by Gasteiger charge is 2.02. The molecule has 0 amide bonds. The van der Waals surface area contributed by atoms with Gasteiger partial charge in [-0.1, -0.05) is 36.4 Å². The minimum atomic E-state index is -0.221. The lowest BCUT2D eigenvalue weighted by Gasteiger charge is -2.09.